The minimum absolute atomic E-state index is 0.297. The highest BCUT2D eigenvalue weighted by molar-refractivity contribution is 5.93. The van der Waals surface area contributed by atoms with Crippen LogP contribution in [0.4, 0.5) is 0 Å². The van der Waals surface area contributed by atoms with Gasteiger partial charge in [-0.2, -0.15) is 5.10 Å². The highest BCUT2D eigenvalue weighted by Crippen LogP contribution is 2.21. The number of amides is 1. The summed E-state index contributed by atoms with van der Waals surface area (Å²) in [5, 5.41) is 4.04. The van der Waals surface area contributed by atoms with E-state index in [4.69, 9.17) is 4.74 Å². The van der Waals surface area contributed by atoms with Crippen molar-refractivity contribution in [1.29, 1.82) is 0 Å². The van der Waals surface area contributed by atoms with Gasteiger partial charge in [0, 0.05) is 28.8 Å². The summed E-state index contributed by atoms with van der Waals surface area (Å²) in [6.07, 6.45) is 3.14. The number of nitrogens with one attached hydrogen (secondary N) is 1. The molecule has 0 saturated heterocycles. The molecule has 3 rings (SSSR count). The molecule has 2 aromatic heterocycles. The second-order valence-corrected chi connectivity index (χ2v) is 6.35. The first-order valence-electron chi connectivity index (χ1n) is 9.22. The van der Waals surface area contributed by atoms with E-state index in [1.807, 2.05) is 36.6 Å². The zero-order valence-corrected chi connectivity index (χ0v) is 16.5. The number of rotatable bonds is 6. The molecule has 0 unspecified atom stereocenters. The zero-order valence-electron chi connectivity index (χ0n) is 16.5. The Kier molecular flexibility index (Phi) is 6.19. The summed E-state index contributed by atoms with van der Waals surface area (Å²) < 4.78 is 7.10. The quantitative estimate of drug-likeness (QED) is 0.397. The maximum absolute atomic E-state index is 12.0. The maximum Gasteiger partial charge on any atom is 0.338 e. The lowest BCUT2D eigenvalue weighted by Gasteiger charge is -2.11. The van der Waals surface area contributed by atoms with Crippen LogP contribution in [-0.2, 0) is 4.74 Å². The average molecular weight is 390 g/mol. The summed E-state index contributed by atoms with van der Waals surface area (Å²) in [5.41, 5.74) is 6.88. The first-order valence-corrected chi connectivity index (χ1v) is 9.22. The Morgan fingerprint density at radius 2 is 2.00 bits per heavy atom. The minimum atomic E-state index is -0.377. The topological polar surface area (TPSA) is 85.6 Å². The molecule has 7 nitrogen and oxygen atoms in total. The van der Waals surface area contributed by atoms with Crippen LogP contribution in [0.15, 0.2) is 59.8 Å². The van der Waals surface area contributed by atoms with Gasteiger partial charge in [0.25, 0.3) is 5.91 Å². The van der Waals surface area contributed by atoms with Crippen molar-refractivity contribution in [2.24, 2.45) is 5.10 Å². The Morgan fingerprint density at radius 1 is 1.17 bits per heavy atom. The van der Waals surface area contributed by atoms with E-state index in [0.29, 0.717) is 17.9 Å². The largest absolute Gasteiger partial charge is 0.462 e. The van der Waals surface area contributed by atoms with Gasteiger partial charge in [-0.25, -0.2) is 10.2 Å². The summed E-state index contributed by atoms with van der Waals surface area (Å²) in [5.74, 6) is -0.728. The number of hydrogen-bond donors (Lipinski definition) is 1. The predicted molar refractivity (Wildman–Crippen MR) is 110 cm³/mol. The van der Waals surface area contributed by atoms with Gasteiger partial charge in [0.2, 0.25) is 0 Å². The minimum Gasteiger partial charge on any atom is -0.462 e. The van der Waals surface area contributed by atoms with Gasteiger partial charge in [0.15, 0.2) is 0 Å². The van der Waals surface area contributed by atoms with E-state index in [2.05, 4.69) is 15.5 Å². The lowest BCUT2D eigenvalue weighted by molar-refractivity contribution is 0.0526. The number of benzene rings is 1. The molecule has 2 heterocycles. The van der Waals surface area contributed by atoms with Gasteiger partial charge in [-0.15, -0.1) is 0 Å². The van der Waals surface area contributed by atoms with Crippen molar-refractivity contribution < 1.29 is 14.3 Å². The molecule has 0 radical (unpaired) electrons. The number of aryl methyl sites for hydroxylation is 1. The van der Waals surface area contributed by atoms with Gasteiger partial charge in [-0.3, -0.25) is 9.78 Å². The Morgan fingerprint density at radius 3 is 2.72 bits per heavy atom. The Bertz CT molecular complexity index is 1060. The fraction of sp³-hybridized carbons (Fsp3) is 0.182. The fourth-order valence-electron chi connectivity index (χ4n) is 3.02. The molecule has 7 heteroatoms. The van der Waals surface area contributed by atoms with E-state index in [1.54, 1.807) is 49.7 Å². The molecule has 0 atom stereocenters. The van der Waals surface area contributed by atoms with Gasteiger partial charge in [0.1, 0.15) is 5.69 Å². The van der Waals surface area contributed by atoms with Crippen molar-refractivity contribution in [3.63, 3.8) is 0 Å². The smallest absolute Gasteiger partial charge is 0.338 e. The highest BCUT2D eigenvalue weighted by Gasteiger charge is 2.13. The number of ether oxygens (including phenoxy) is 1. The van der Waals surface area contributed by atoms with E-state index < -0.39 is 0 Å². The number of carbonyl (C=O) groups is 2. The molecule has 0 fully saturated rings. The summed E-state index contributed by atoms with van der Waals surface area (Å²) in [6.45, 7) is 6.02. The van der Waals surface area contributed by atoms with Gasteiger partial charge >= 0.3 is 5.97 Å². The second-order valence-electron chi connectivity index (χ2n) is 6.35. The zero-order chi connectivity index (χ0) is 20.8. The lowest BCUT2D eigenvalue weighted by atomic mass is 10.2. The molecular formula is C22H22N4O3. The maximum atomic E-state index is 12.0. The Balaban J connectivity index is 1.81. The number of nitrogens with zero attached hydrogens (tertiary/aromatic N) is 3. The molecule has 0 aliphatic carbocycles. The van der Waals surface area contributed by atoms with E-state index in [1.165, 1.54) is 0 Å². The number of hydrazone groups is 1. The van der Waals surface area contributed by atoms with Crippen LogP contribution in [0.1, 0.15) is 44.7 Å². The predicted octanol–water partition coefficient (Wildman–Crippen LogP) is 3.43. The van der Waals surface area contributed by atoms with Crippen LogP contribution in [0, 0.1) is 13.8 Å². The molecular weight excluding hydrogens is 368 g/mol. The van der Waals surface area contributed by atoms with E-state index >= 15 is 0 Å². The van der Waals surface area contributed by atoms with Crippen LogP contribution in [0.3, 0.4) is 0 Å². The van der Waals surface area contributed by atoms with Crippen LogP contribution in [0.5, 0.6) is 0 Å². The number of carbonyl (C=O) groups excluding carboxylic acids is 2. The van der Waals surface area contributed by atoms with Crippen molar-refractivity contribution in [2.45, 2.75) is 20.8 Å². The second kappa shape index (κ2) is 8.97. The molecule has 0 aliphatic rings. The third-order valence-corrected chi connectivity index (χ3v) is 4.35. The van der Waals surface area contributed by atoms with Crippen molar-refractivity contribution >= 4 is 18.1 Å². The van der Waals surface area contributed by atoms with Gasteiger partial charge in [0.05, 0.1) is 18.4 Å². The average Bonchev–Trinajstić information content (AvgIpc) is 3.02. The Hall–Kier alpha value is -3.74. The summed E-state index contributed by atoms with van der Waals surface area (Å²) in [4.78, 5) is 28.0. The van der Waals surface area contributed by atoms with Crippen molar-refractivity contribution in [3.8, 4) is 5.69 Å². The molecule has 0 saturated carbocycles. The molecule has 29 heavy (non-hydrogen) atoms. The summed E-state index contributed by atoms with van der Waals surface area (Å²) >= 11 is 0. The van der Waals surface area contributed by atoms with Gasteiger partial charge in [-0.1, -0.05) is 12.1 Å². The van der Waals surface area contributed by atoms with Gasteiger partial charge in [-0.05, 0) is 57.2 Å². The monoisotopic (exact) mass is 390 g/mol. The SMILES string of the molecule is CCOC(=O)c1cccc(-n2c(C)cc(C=NNC(=O)c3ccccn3)c2C)c1. The first-order chi connectivity index (χ1) is 14.0. The summed E-state index contributed by atoms with van der Waals surface area (Å²) in [6, 6.07) is 14.3. The normalized spacial score (nSPS) is 10.9. The molecule has 1 aromatic carbocycles. The number of pyridine rings is 1. The van der Waals surface area contributed by atoms with Crippen LogP contribution < -0.4 is 5.43 Å². The molecule has 0 bridgehead atoms. The third-order valence-electron chi connectivity index (χ3n) is 4.35. The van der Waals surface area contributed by atoms with Gasteiger partial charge < -0.3 is 9.30 Å². The highest BCUT2D eigenvalue weighted by atomic mass is 16.5. The first kappa shape index (κ1) is 20.0. The van der Waals surface area contributed by atoms with Crippen LogP contribution in [0.25, 0.3) is 5.69 Å². The van der Waals surface area contributed by atoms with E-state index in [-0.39, 0.29) is 11.9 Å². The molecule has 3 aromatic rings. The van der Waals surface area contributed by atoms with Crippen molar-refractivity contribution in [1.82, 2.24) is 15.0 Å². The number of esters is 1. The van der Waals surface area contributed by atoms with E-state index in [9.17, 15) is 9.59 Å². The fourth-order valence-corrected chi connectivity index (χ4v) is 3.02. The number of aromatic nitrogens is 2. The third kappa shape index (κ3) is 4.57. The molecule has 1 N–H and O–H groups in total. The molecule has 0 spiro atoms. The van der Waals surface area contributed by atoms with Crippen LogP contribution in [0.2, 0.25) is 0 Å². The van der Waals surface area contributed by atoms with Crippen molar-refractivity contribution in [2.75, 3.05) is 6.61 Å². The Labute approximate surface area is 169 Å². The summed E-state index contributed by atoms with van der Waals surface area (Å²) in [7, 11) is 0. The molecule has 1 amide bonds. The van der Waals surface area contributed by atoms with Crippen molar-refractivity contribution in [3.05, 3.63) is 82.9 Å². The van der Waals surface area contributed by atoms with Crippen LogP contribution >= 0.6 is 0 Å². The molecule has 0 aliphatic heterocycles. The van der Waals surface area contributed by atoms with Crippen LogP contribution in [-0.4, -0.2) is 34.2 Å². The molecule has 148 valence electrons. The number of hydrogen-bond acceptors (Lipinski definition) is 5. The standard InChI is InChI=1S/C22H22N4O3/c1-4-29-22(28)17-8-7-9-19(13-17)26-15(2)12-18(16(26)3)14-24-25-21(27)20-10-5-6-11-23-20/h5-14H,4H2,1-3H3,(H,25,27). The lowest BCUT2D eigenvalue weighted by Crippen LogP contribution is -2.18. The van der Waals surface area contributed by atoms with E-state index in [0.717, 1.165) is 22.6 Å².